The van der Waals surface area contributed by atoms with Gasteiger partial charge in [-0.15, -0.1) is 0 Å². The summed E-state index contributed by atoms with van der Waals surface area (Å²) in [6.07, 6.45) is 1.42. The Morgan fingerprint density at radius 1 is 1.15 bits per heavy atom. The van der Waals surface area contributed by atoms with Crippen LogP contribution in [-0.4, -0.2) is 54.2 Å². The molecule has 2 aromatic heterocycles. The summed E-state index contributed by atoms with van der Waals surface area (Å²) in [7, 11) is 3.08. The number of hydrogen-bond acceptors (Lipinski definition) is 6. The Labute approximate surface area is 156 Å². The molecule has 0 bridgehead atoms. The Kier molecular flexibility index (Phi) is 5.87. The molecule has 0 saturated heterocycles. The molecule has 0 unspecified atom stereocenters. The van der Waals surface area contributed by atoms with Gasteiger partial charge in [0, 0.05) is 26.2 Å². The molecular weight excluding hydrogens is 354 g/mol. The van der Waals surface area contributed by atoms with Crippen molar-refractivity contribution in [2.24, 2.45) is 14.1 Å². The van der Waals surface area contributed by atoms with Crippen LogP contribution in [0.1, 0.15) is 27.7 Å². The van der Waals surface area contributed by atoms with Gasteiger partial charge in [0.1, 0.15) is 6.54 Å². The molecule has 0 radical (unpaired) electrons. The molecule has 2 aromatic rings. The maximum Gasteiger partial charge on any atom is 0.333 e. The van der Waals surface area contributed by atoms with Gasteiger partial charge in [0.2, 0.25) is 0 Å². The number of rotatable bonds is 6. The maximum atomic E-state index is 12.5. The fourth-order valence-electron chi connectivity index (χ4n) is 3.10. The molecule has 0 saturated carbocycles. The third-order valence-electron chi connectivity index (χ3n) is 4.25. The number of fused-ring (bicyclic) bond motifs is 1. The zero-order chi connectivity index (χ0) is 20.5. The summed E-state index contributed by atoms with van der Waals surface area (Å²) in [5, 5.41) is 0. The number of aryl methyl sites for hydroxylation is 2. The van der Waals surface area contributed by atoms with Gasteiger partial charge in [-0.3, -0.25) is 19.0 Å². The molecule has 1 amide bonds. The zero-order valence-corrected chi connectivity index (χ0v) is 16.4. The quantitative estimate of drug-likeness (QED) is 0.633. The molecular formula is C17H25N5O5. The number of carbonyl (C=O) groups is 2. The third-order valence-corrected chi connectivity index (χ3v) is 4.25. The van der Waals surface area contributed by atoms with Gasteiger partial charge in [-0.1, -0.05) is 0 Å². The van der Waals surface area contributed by atoms with E-state index in [1.165, 1.54) is 22.5 Å². The van der Waals surface area contributed by atoms with Crippen molar-refractivity contribution in [3.63, 3.8) is 0 Å². The van der Waals surface area contributed by atoms with E-state index in [9.17, 15) is 19.2 Å². The first kappa shape index (κ1) is 20.4. The molecule has 0 spiro atoms. The van der Waals surface area contributed by atoms with E-state index >= 15 is 0 Å². The second-order valence-corrected chi connectivity index (χ2v) is 6.91. The third kappa shape index (κ3) is 3.93. The lowest BCUT2D eigenvalue weighted by molar-refractivity contribution is -0.154. The maximum absolute atomic E-state index is 12.5. The van der Waals surface area contributed by atoms with Crippen LogP contribution in [0.3, 0.4) is 0 Å². The first-order valence-electron chi connectivity index (χ1n) is 8.63. The molecule has 10 nitrogen and oxygen atoms in total. The number of imidazole rings is 1. The van der Waals surface area contributed by atoms with Crippen molar-refractivity contribution in [2.75, 3.05) is 6.61 Å². The number of ether oxygens (including phenoxy) is 1. The zero-order valence-electron chi connectivity index (χ0n) is 16.4. The molecule has 0 aliphatic carbocycles. The van der Waals surface area contributed by atoms with Crippen molar-refractivity contribution in [1.29, 1.82) is 0 Å². The highest BCUT2D eigenvalue weighted by Gasteiger charge is 2.22. The average Bonchev–Trinajstić information content (AvgIpc) is 2.96. The number of esters is 1. The summed E-state index contributed by atoms with van der Waals surface area (Å²) in [5.41, 5.74) is -0.883. The average molecular weight is 379 g/mol. The normalized spacial score (nSPS) is 11.4. The van der Waals surface area contributed by atoms with Gasteiger partial charge in [0.15, 0.2) is 17.8 Å². The molecule has 0 aliphatic heterocycles. The van der Waals surface area contributed by atoms with Gasteiger partial charge >= 0.3 is 11.7 Å². The van der Waals surface area contributed by atoms with Crippen LogP contribution in [0.4, 0.5) is 0 Å². The van der Waals surface area contributed by atoms with Crippen LogP contribution in [0.15, 0.2) is 15.9 Å². The van der Waals surface area contributed by atoms with Crippen LogP contribution < -0.4 is 11.2 Å². The molecule has 0 N–H and O–H groups in total. The fourth-order valence-corrected chi connectivity index (χ4v) is 3.10. The lowest BCUT2D eigenvalue weighted by Gasteiger charge is -2.30. The molecule has 27 heavy (non-hydrogen) atoms. The monoisotopic (exact) mass is 379 g/mol. The first-order valence-corrected chi connectivity index (χ1v) is 8.63. The van der Waals surface area contributed by atoms with Gasteiger partial charge in [-0.25, -0.2) is 14.3 Å². The Morgan fingerprint density at radius 2 is 1.74 bits per heavy atom. The van der Waals surface area contributed by atoms with E-state index in [-0.39, 0.29) is 29.2 Å². The van der Waals surface area contributed by atoms with Crippen molar-refractivity contribution < 1.29 is 14.3 Å². The second kappa shape index (κ2) is 7.77. The largest absolute Gasteiger partial charge is 0.454 e. The van der Waals surface area contributed by atoms with Gasteiger partial charge in [0.05, 0.1) is 6.33 Å². The standard InChI is InChI=1S/C17H25N5O5/c1-10(2)22(11(3)4)12(23)8-27-13(24)7-21-16(25)14-15(18-9-19(14)5)20(6)17(21)26/h9-11H,7-8H2,1-6H3. The summed E-state index contributed by atoms with van der Waals surface area (Å²) in [4.78, 5) is 54.9. The van der Waals surface area contributed by atoms with Crippen molar-refractivity contribution in [3.05, 3.63) is 27.2 Å². The van der Waals surface area contributed by atoms with Crippen LogP contribution in [0, 0.1) is 0 Å². The highest BCUT2D eigenvalue weighted by molar-refractivity contribution is 5.81. The van der Waals surface area contributed by atoms with Crippen LogP contribution in [0.5, 0.6) is 0 Å². The van der Waals surface area contributed by atoms with E-state index in [4.69, 9.17) is 4.74 Å². The number of amides is 1. The predicted octanol–water partition coefficient (Wildman–Crippen LogP) is -0.378. The fraction of sp³-hybridized carbons (Fsp3) is 0.588. The first-order chi connectivity index (χ1) is 12.6. The van der Waals surface area contributed by atoms with Crippen molar-refractivity contribution in [1.82, 2.24) is 23.6 Å². The topological polar surface area (TPSA) is 108 Å². The molecule has 148 valence electrons. The molecule has 2 rings (SSSR count). The number of nitrogens with zero attached hydrogens (tertiary/aromatic N) is 5. The lowest BCUT2D eigenvalue weighted by Crippen LogP contribution is -2.45. The Hall–Kier alpha value is -2.91. The molecule has 2 heterocycles. The highest BCUT2D eigenvalue weighted by Crippen LogP contribution is 2.06. The highest BCUT2D eigenvalue weighted by atomic mass is 16.5. The number of aromatic nitrogens is 4. The number of hydrogen-bond donors (Lipinski definition) is 0. The van der Waals surface area contributed by atoms with Gasteiger partial charge in [-0.2, -0.15) is 0 Å². The molecule has 0 aromatic carbocycles. The van der Waals surface area contributed by atoms with Gasteiger partial charge < -0.3 is 14.2 Å². The van der Waals surface area contributed by atoms with Crippen molar-refractivity contribution in [3.8, 4) is 0 Å². The lowest BCUT2D eigenvalue weighted by atomic mass is 10.2. The van der Waals surface area contributed by atoms with Gasteiger partial charge in [0.25, 0.3) is 11.5 Å². The van der Waals surface area contributed by atoms with E-state index in [1.54, 1.807) is 11.9 Å². The molecule has 0 fully saturated rings. The molecule has 0 aliphatic rings. The van der Waals surface area contributed by atoms with E-state index in [2.05, 4.69) is 4.98 Å². The Bertz CT molecular complexity index is 974. The Balaban J connectivity index is 2.20. The van der Waals surface area contributed by atoms with Crippen molar-refractivity contribution in [2.45, 2.75) is 46.3 Å². The summed E-state index contributed by atoms with van der Waals surface area (Å²) < 4.78 is 8.45. The van der Waals surface area contributed by atoms with E-state index in [0.717, 1.165) is 4.57 Å². The molecule has 10 heteroatoms. The summed E-state index contributed by atoms with van der Waals surface area (Å²) in [5.74, 6) is -1.17. The number of carbonyl (C=O) groups excluding carboxylic acids is 2. The minimum Gasteiger partial charge on any atom is -0.454 e. The van der Waals surface area contributed by atoms with Crippen molar-refractivity contribution >= 4 is 23.0 Å². The smallest absolute Gasteiger partial charge is 0.333 e. The summed E-state index contributed by atoms with van der Waals surface area (Å²) in [6, 6.07) is -0.0864. The summed E-state index contributed by atoms with van der Waals surface area (Å²) in [6.45, 7) is 6.44. The van der Waals surface area contributed by atoms with Crippen LogP contribution in [0.25, 0.3) is 11.2 Å². The van der Waals surface area contributed by atoms with E-state index < -0.39 is 30.4 Å². The Morgan fingerprint density at radius 3 is 2.30 bits per heavy atom. The second-order valence-electron chi connectivity index (χ2n) is 6.91. The van der Waals surface area contributed by atoms with Crippen LogP contribution in [0.2, 0.25) is 0 Å². The SMILES string of the molecule is CC(C)N(C(=O)COC(=O)Cn1c(=O)c2c(ncn2C)n(C)c1=O)C(C)C. The summed E-state index contributed by atoms with van der Waals surface area (Å²) >= 11 is 0. The minimum atomic E-state index is -0.837. The predicted molar refractivity (Wildman–Crippen MR) is 98.3 cm³/mol. The van der Waals surface area contributed by atoms with Crippen LogP contribution in [-0.2, 0) is 35.0 Å². The molecule has 0 atom stereocenters. The minimum absolute atomic E-state index is 0.0432. The van der Waals surface area contributed by atoms with E-state index in [1.807, 2.05) is 27.7 Å². The van der Waals surface area contributed by atoms with Gasteiger partial charge in [-0.05, 0) is 27.7 Å². The van der Waals surface area contributed by atoms with E-state index in [0.29, 0.717) is 0 Å². The van der Waals surface area contributed by atoms with Crippen LogP contribution >= 0.6 is 0 Å².